The summed E-state index contributed by atoms with van der Waals surface area (Å²) in [6, 6.07) is 0. The number of ether oxygens (including phenoxy) is 2. The van der Waals surface area contributed by atoms with Crippen molar-refractivity contribution in [2.45, 2.75) is 64.7 Å². The van der Waals surface area contributed by atoms with Crippen LogP contribution in [0.5, 0.6) is 0 Å². The fraction of sp³-hybridized carbons (Fsp3) is 0.684. The van der Waals surface area contributed by atoms with E-state index >= 15 is 0 Å². The Bertz CT molecular complexity index is 613. The van der Waals surface area contributed by atoms with Gasteiger partial charge in [-0.25, -0.2) is 0 Å². The summed E-state index contributed by atoms with van der Waals surface area (Å²) < 4.78 is 11.1. The minimum Gasteiger partial charge on any atom is -0.431 e. The van der Waals surface area contributed by atoms with Gasteiger partial charge in [0.1, 0.15) is 11.5 Å². The predicted octanol–water partition coefficient (Wildman–Crippen LogP) is 4.01. The lowest BCUT2D eigenvalue weighted by Gasteiger charge is -2.16. The topological polar surface area (TPSA) is 52.6 Å². The quantitative estimate of drug-likeness (QED) is 0.719. The third kappa shape index (κ3) is 2.96. The molecule has 0 aliphatic heterocycles. The molecule has 4 heteroatoms. The van der Waals surface area contributed by atoms with Crippen molar-refractivity contribution in [3.8, 4) is 0 Å². The molecule has 0 heterocycles. The minimum absolute atomic E-state index is 0.103. The average molecular weight is 316 g/mol. The van der Waals surface area contributed by atoms with Crippen LogP contribution in [-0.2, 0) is 19.1 Å². The smallest absolute Gasteiger partial charge is 0.314 e. The maximum Gasteiger partial charge on any atom is 0.314 e. The van der Waals surface area contributed by atoms with E-state index in [1.807, 2.05) is 0 Å². The van der Waals surface area contributed by atoms with E-state index < -0.39 is 5.92 Å². The number of fused-ring (bicyclic) bond motifs is 4. The lowest BCUT2D eigenvalue weighted by molar-refractivity contribution is -0.150. The first-order valence-corrected chi connectivity index (χ1v) is 8.92. The van der Waals surface area contributed by atoms with E-state index in [-0.39, 0.29) is 18.4 Å². The van der Waals surface area contributed by atoms with Crippen LogP contribution in [0.4, 0.5) is 0 Å². The van der Waals surface area contributed by atoms with Crippen LogP contribution in [0.1, 0.15) is 64.7 Å². The lowest BCUT2D eigenvalue weighted by atomic mass is 10.0. The van der Waals surface area contributed by atoms with E-state index in [2.05, 4.69) is 0 Å². The summed E-state index contributed by atoms with van der Waals surface area (Å²) in [5.74, 6) is 2.09. The van der Waals surface area contributed by atoms with E-state index in [0.717, 1.165) is 50.0 Å². The van der Waals surface area contributed by atoms with E-state index in [1.54, 1.807) is 6.92 Å². The molecule has 0 aromatic rings. The maximum absolute atomic E-state index is 12.2. The van der Waals surface area contributed by atoms with E-state index in [9.17, 15) is 9.59 Å². The Hall–Kier alpha value is -1.58. The van der Waals surface area contributed by atoms with Gasteiger partial charge in [0.2, 0.25) is 0 Å². The fourth-order valence-electron chi connectivity index (χ4n) is 4.49. The largest absolute Gasteiger partial charge is 0.431 e. The zero-order valence-corrected chi connectivity index (χ0v) is 13.7. The molecule has 2 saturated carbocycles. The highest BCUT2D eigenvalue weighted by Crippen LogP contribution is 2.45. The first-order chi connectivity index (χ1) is 11.1. The van der Waals surface area contributed by atoms with Crippen LogP contribution < -0.4 is 0 Å². The molecule has 23 heavy (non-hydrogen) atoms. The van der Waals surface area contributed by atoms with Crippen LogP contribution in [0.15, 0.2) is 22.7 Å². The normalized spacial score (nSPS) is 29.4. The van der Waals surface area contributed by atoms with Crippen LogP contribution in [0.25, 0.3) is 0 Å². The third-order valence-electron chi connectivity index (χ3n) is 5.85. The highest BCUT2D eigenvalue weighted by atomic mass is 16.5. The molecule has 0 radical (unpaired) electrons. The molecular weight excluding hydrogens is 292 g/mol. The van der Waals surface area contributed by atoms with Crippen LogP contribution in [-0.4, -0.2) is 11.9 Å². The van der Waals surface area contributed by atoms with Gasteiger partial charge in [-0.1, -0.05) is 6.92 Å². The number of hydrogen-bond acceptors (Lipinski definition) is 4. The van der Waals surface area contributed by atoms with E-state index in [4.69, 9.17) is 9.47 Å². The average Bonchev–Trinajstić information content (AvgIpc) is 3.27. The van der Waals surface area contributed by atoms with Crippen molar-refractivity contribution >= 4 is 11.9 Å². The number of esters is 2. The molecule has 4 aliphatic rings. The van der Waals surface area contributed by atoms with Gasteiger partial charge >= 0.3 is 11.9 Å². The maximum atomic E-state index is 12.2. The number of hydrogen-bond donors (Lipinski definition) is 0. The molecule has 3 atom stereocenters. The van der Waals surface area contributed by atoms with Gasteiger partial charge in [-0.2, -0.15) is 0 Å². The molecule has 4 bridgehead atoms. The van der Waals surface area contributed by atoms with Crippen LogP contribution in [0, 0.1) is 17.8 Å². The van der Waals surface area contributed by atoms with Crippen LogP contribution in [0.2, 0.25) is 0 Å². The molecule has 4 nitrogen and oxygen atoms in total. The van der Waals surface area contributed by atoms with Crippen molar-refractivity contribution in [2.75, 3.05) is 0 Å². The number of carbonyl (C=O) groups excluding carboxylic acids is 2. The molecule has 3 unspecified atom stereocenters. The summed E-state index contributed by atoms with van der Waals surface area (Å²) in [4.78, 5) is 24.3. The first kappa shape index (κ1) is 15.0. The van der Waals surface area contributed by atoms with Gasteiger partial charge < -0.3 is 9.47 Å². The van der Waals surface area contributed by atoms with Crippen molar-refractivity contribution in [2.24, 2.45) is 17.8 Å². The Kier molecular flexibility index (Phi) is 3.78. The van der Waals surface area contributed by atoms with Gasteiger partial charge in [0.05, 0.1) is 12.3 Å². The van der Waals surface area contributed by atoms with Crippen LogP contribution in [0.3, 0.4) is 0 Å². The Morgan fingerprint density at radius 1 is 0.957 bits per heavy atom. The molecule has 0 saturated heterocycles. The molecule has 2 fully saturated rings. The molecule has 0 amide bonds. The molecule has 0 spiro atoms. The molecule has 4 rings (SSSR count). The van der Waals surface area contributed by atoms with Gasteiger partial charge in [0.15, 0.2) is 0 Å². The van der Waals surface area contributed by atoms with E-state index in [0.29, 0.717) is 11.8 Å². The number of allylic oxidation sites excluding steroid dienone is 4. The standard InChI is InChI=1S/C19H24O4/c1-11(19(21)23-17-10-13-3-5-15(17)8-13)6-18(20)22-16-9-12-2-4-14(16)7-12/h11-13H,2-10H2,1H3. The molecule has 124 valence electrons. The minimum atomic E-state index is -0.445. The van der Waals surface area contributed by atoms with Crippen molar-refractivity contribution in [1.82, 2.24) is 0 Å². The second-order valence-corrected chi connectivity index (χ2v) is 7.68. The fourth-order valence-corrected chi connectivity index (χ4v) is 4.49. The number of carbonyl (C=O) groups is 2. The SMILES string of the molecule is CC(CC(=O)OC1=C2CCC(C2)C1)C(=O)OC1=C2CCC(C2)C1. The highest BCUT2D eigenvalue weighted by Gasteiger charge is 2.35. The summed E-state index contributed by atoms with van der Waals surface area (Å²) in [6.07, 6.45) is 8.70. The predicted molar refractivity (Wildman–Crippen MR) is 83.9 cm³/mol. The van der Waals surface area contributed by atoms with Crippen molar-refractivity contribution < 1.29 is 19.1 Å². The van der Waals surface area contributed by atoms with Gasteiger partial charge in [-0.15, -0.1) is 0 Å². The molecule has 0 aromatic heterocycles. The lowest BCUT2D eigenvalue weighted by Crippen LogP contribution is -2.20. The second kappa shape index (κ2) is 5.81. The monoisotopic (exact) mass is 316 g/mol. The van der Waals surface area contributed by atoms with Gasteiger partial charge in [0, 0.05) is 12.8 Å². The Morgan fingerprint density at radius 3 is 2.00 bits per heavy atom. The molecule has 4 aliphatic carbocycles. The van der Waals surface area contributed by atoms with Crippen molar-refractivity contribution in [1.29, 1.82) is 0 Å². The van der Waals surface area contributed by atoms with Crippen molar-refractivity contribution in [3.63, 3.8) is 0 Å². The summed E-state index contributed by atoms with van der Waals surface area (Å²) in [6.45, 7) is 1.75. The Labute approximate surface area is 136 Å². The second-order valence-electron chi connectivity index (χ2n) is 7.68. The molecule has 0 N–H and O–H groups in total. The zero-order valence-electron chi connectivity index (χ0n) is 13.7. The summed E-state index contributed by atoms with van der Waals surface area (Å²) in [7, 11) is 0. The Morgan fingerprint density at radius 2 is 1.52 bits per heavy atom. The zero-order chi connectivity index (χ0) is 16.0. The summed E-state index contributed by atoms with van der Waals surface area (Å²) >= 11 is 0. The van der Waals surface area contributed by atoms with Gasteiger partial charge in [0.25, 0.3) is 0 Å². The third-order valence-corrected chi connectivity index (χ3v) is 5.85. The Balaban J connectivity index is 1.28. The number of rotatable bonds is 5. The van der Waals surface area contributed by atoms with Gasteiger partial charge in [-0.05, 0) is 61.5 Å². The molecular formula is C19H24O4. The summed E-state index contributed by atoms with van der Waals surface area (Å²) in [5.41, 5.74) is 2.62. The van der Waals surface area contributed by atoms with Gasteiger partial charge in [-0.3, -0.25) is 9.59 Å². The summed E-state index contributed by atoms with van der Waals surface area (Å²) in [5, 5.41) is 0. The highest BCUT2D eigenvalue weighted by molar-refractivity contribution is 5.80. The first-order valence-electron chi connectivity index (χ1n) is 8.92. The van der Waals surface area contributed by atoms with E-state index in [1.165, 1.54) is 24.0 Å². The molecule has 0 aromatic carbocycles. The van der Waals surface area contributed by atoms with Crippen molar-refractivity contribution in [3.05, 3.63) is 22.7 Å². The van der Waals surface area contributed by atoms with Crippen LogP contribution >= 0.6 is 0 Å².